The van der Waals surface area contributed by atoms with Crippen LogP contribution in [-0.2, 0) is 11.8 Å². The highest BCUT2D eigenvalue weighted by molar-refractivity contribution is 6.31. The minimum atomic E-state index is -4.53. The second-order valence-electron chi connectivity index (χ2n) is 5.33. The lowest BCUT2D eigenvalue weighted by Gasteiger charge is -2.37. The van der Waals surface area contributed by atoms with Crippen molar-refractivity contribution in [1.29, 1.82) is 0 Å². The molecule has 1 N–H and O–H groups in total. The van der Waals surface area contributed by atoms with Gasteiger partial charge in [0.15, 0.2) is 0 Å². The molecular weight excluding hydrogens is 277 g/mol. The van der Waals surface area contributed by atoms with E-state index in [1.54, 1.807) is 27.7 Å². The molecule has 0 atom stereocenters. The van der Waals surface area contributed by atoms with Crippen molar-refractivity contribution in [2.24, 2.45) is 11.8 Å². The molecule has 0 fully saturated rings. The first-order chi connectivity index (χ1) is 8.51. The molecule has 0 aliphatic rings. The van der Waals surface area contributed by atoms with Crippen molar-refractivity contribution in [2.45, 2.75) is 39.5 Å². The molecule has 19 heavy (non-hydrogen) atoms. The molecule has 0 bridgehead atoms. The maximum Gasteiger partial charge on any atom is 0.417 e. The van der Waals surface area contributed by atoms with Gasteiger partial charge in [0.1, 0.15) is 0 Å². The fraction of sp³-hybridized carbons (Fsp3) is 0.571. The summed E-state index contributed by atoms with van der Waals surface area (Å²) >= 11 is 5.59. The van der Waals surface area contributed by atoms with Crippen molar-refractivity contribution in [3.05, 3.63) is 34.3 Å². The fourth-order valence-corrected chi connectivity index (χ4v) is 2.55. The summed E-state index contributed by atoms with van der Waals surface area (Å²) < 4.78 is 38.6. The average molecular weight is 295 g/mol. The van der Waals surface area contributed by atoms with Gasteiger partial charge in [0.25, 0.3) is 0 Å². The van der Waals surface area contributed by atoms with Gasteiger partial charge in [-0.15, -0.1) is 0 Å². The van der Waals surface area contributed by atoms with Crippen LogP contribution in [0.15, 0.2) is 18.2 Å². The van der Waals surface area contributed by atoms with Crippen LogP contribution in [0.1, 0.15) is 38.8 Å². The molecule has 0 spiro atoms. The molecule has 1 aromatic rings. The molecule has 0 amide bonds. The molecule has 0 radical (unpaired) electrons. The van der Waals surface area contributed by atoms with Gasteiger partial charge in [0.2, 0.25) is 0 Å². The Balaban J connectivity index is 3.44. The van der Waals surface area contributed by atoms with Gasteiger partial charge in [-0.25, -0.2) is 0 Å². The van der Waals surface area contributed by atoms with Crippen molar-refractivity contribution in [2.75, 3.05) is 0 Å². The Bertz CT molecular complexity index is 444. The monoisotopic (exact) mass is 294 g/mol. The number of halogens is 4. The third kappa shape index (κ3) is 3.06. The van der Waals surface area contributed by atoms with Gasteiger partial charge in [-0.2, -0.15) is 13.2 Å². The van der Waals surface area contributed by atoms with Gasteiger partial charge in [-0.05, 0) is 29.5 Å². The number of benzene rings is 1. The zero-order chi connectivity index (χ0) is 15.0. The number of alkyl halides is 3. The summed E-state index contributed by atoms with van der Waals surface area (Å²) in [5.74, 6) is -0.426. The van der Waals surface area contributed by atoms with E-state index in [2.05, 4.69) is 0 Å². The van der Waals surface area contributed by atoms with Gasteiger partial charge in [-0.3, -0.25) is 0 Å². The number of hydrogen-bond acceptors (Lipinski definition) is 1. The van der Waals surface area contributed by atoms with Crippen LogP contribution in [0.25, 0.3) is 0 Å². The number of rotatable bonds is 3. The Morgan fingerprint density at radius 2 is 1.53 bits per heavy atom. The maximum atomic E-state index is 12.9. The van der Waals surface area contributed by atoms with E-state index >= 15 is 0 Å². The second-order valence-corrected chi connectivity index (χ2v) is 5.73. The summed E-state index contributed by atoms with van der Waals surface area (Å²) in [7, 11) is 0. The molecule has 0 saturated carbocycles. The summed E-state index contributed by atoms with van der Waals surface area (Å²) in [6.45, 7) is 7.12. The molecule has 1 rings (SSSR count). The highest BCUT2D eigenvalue weighted by atomic mass is 35.5. The third-order valence-corrected chi connectivity index (χ3v) is 3.82. The summed E-state index contributed by atoms with van der Waals surface area (Å²) in [6.07, 6.45) is -4.53. The zero-order valence-electron chi connectivity index (χ0n) is 11.3. The van der Waals surface area contributed by atoms with Crippen LogP contribution in [-0.4, -0.2) is 5.11 Å². The Kier molecular flexibility index (Phi) is 4.58. The molecule has 0 aromatic heterocycles. The fourth-order valence-electron chi connectivity index (χ4n) is 2.32. The lowest BCUT2D eigenvalue weighted by Crippen LogP contribution is -2.37. The minimum Gasteiger partial charge on any atom is -0.385 e. The van der Waals surface area contributed by atoms with Gasteiger partial charge in [-0.1, -0.05) is 45.4 Å². The van der Waals surface area contributed by atoms with E-state index in [0.717, 1.165) is 6.07 Å². The van der Waals surface area contributed by atoms with Crippen molar-refractivity contribution in [1.82, 2.24) is 0 Å². The highest BCUT2D eigenvalue weighted by Crippen LogP contribution is 2.41. The molecule has 108 valence electrons. The summed E-state index contributed by atoms with van der Waals surface area (Å²) in [5, 5.41) is 10.4. The minimum absolute atomic E-state index is 0.213. The van der Waals surface area contributed by atoms with Crippen molar-refractivity contribution in [3.63, 3.8) is 0 Å². The van der Waals surface area contributed by atoms with Crippen molar-refractivity contribution >= 4 is 11.6 Å². The van der Waals surface area contributed by atoms with Gasteiger partial charge >= 0.3 is 6.18 Å². The smallest absolute Gasteiger partial charge is 0.385 e. The van der Waals surface area contributed by atoms with Crippen LogP contribution < -0.4 is 0 Å². The molecular formula is C14H18ClF3O. The first-order valence-electron chi connectivity index (χ1n) is 6.10. The van der Waals surface area contributed by atoms with Crippen LogP contribution in [0.5, 0.6) is 0 Å². The summed E-state index contributed by atoms with van der Waals surface area (Å²) in [5.41, 5.74) is -1.98. The second kappa shape index (κ2) is 5.33. The number of hydrogen-bond donors (Lipinski definition) is 1. The molecule has 5 heteroatoms. The SMILES string of the molecule is CC(C)C(O)(c1ccc(Cl)c(C(F)(F)F)c1)C(C)C. The van der Waals surface area contributed by atoms with E-state index in [9.17, 15) is 18.3 Å². The Morgan fingerprint density at radius 1 is 1.05 bits per heavy atom. The van der Waals surface area contributed by atoms with Gasteiger partial charge < -0.3 is 5.11 Å². The highest BCUT2D eigenvalue weighted by Gasteiger charge is 2.40. The van der Waals surface area contributed by atoms with Crippen molar-refractivity contribution < 1.29 is 18.3 Å². The van der Waals surface area contributed by atoms with E-state index in [0.29, 0.717) is 0 Å². The Hall–Kier alpha value is -0.740. The first-order valence-corrected chi connectivity index (χ1v) is 6.48. The topological polar surface area (TPSA) is 20.2 Å². The van der Waals surface area contributed by atoms with E-state index in [4.69, 9.17) is 11.6 Å². The van der Waals surface area contributed by atoms with Crippen molar-refractivity contribution in [3.8, 4) is 0 Å². The first kappa shape index (κ1) is 16.3. The summed E-state index contributed by atoms with van der Waals surface area (Å²) in [6, 6.07) is 3.59. The lowest BCUT2D eigenvalue weighted by atomic mass is 9.75. The van der Waals surface area contributed by atoms with Crippen LogP contribution in [0.4, 0.5) is 13.2 Å². The quantitative estimate of drug-likeness (QED) is 0.844. The molecule has 0 aliphatic carbocycles. The molecule has 1 aromatic carbocycles. The molecule has 0 unspecified atom stereocenters. The molecule has 1 nitrogen and oxygen atoms in total. The third-order valence-electron chi connectivity index (χ3n) is 3.49. The molecule has 0 saturated heterocycles. The van der Waals surface area contributed by atoms with Crippen LogP contribution in [0.2, 0.25) is 5.02 Å². The van der Waals surface area contributed by atoms with Crippen LogP contribution in [0, 0.1) is 11.8 Å². The van der Waals surface area contributed by atoms with E-state index < -0.39 is 17.3 Å². The largest absolute Gasteiger partial charge is 0.417 e. The van der Waals surface area contributed by atoms with E-state index in [1.165, 1.54) is 12.1 Å². The van der Waals surface area contributed by atoms with Crippen LogP contribution >= 0.6 is 11.6 Å². The number of aliphatic hydroxyl groups is 1. The van der Waals surface area contributed by atoms with Crippen LogP contribution in [0.3, 0.4) is 0 Å². The Morgan fingerprint density at radius 3 is 1.89 bits per heavy atom. The van der Waals surface area contributed by atoms with E-state index in [1.807, 2.05) is 0 Å². The zero-order valence-corrected chi connectivity index (χ0v) is 12.1. The maximum absolute atomic E-state index is 12.9. The molecule has 0 aliphatic heterocycles. The van der Waals surface area contributed by atoms with Gasteiger partial charge in [0.05, 0.1) is 16.2 Å². The molecule has 0 heterocycles. The normalized spacial score (nSPS) is 13.4. The summed E-state index contributed by atoms with van der Waals surface area (Å²) in [4.78, 5) is 0. The predicted molar refractivity (Wildman–Crippen MR) is 70.0 cm³/mol. The average Bonchev–Trinajstić information content (AvgIpc) is 2.26. The van der Waals surface area contributed by atoms with Gasteiger partial charge in [0, 0.05) is 0 Å². The lowest BCUT2D eigenvalue weighted by molar-refractivity contribution is -0.137. The standard InChI is InChI=1S/C14H18ClF3O/c1-8(2)13(19,9(3)4)10-5-6-12(15)11(7-10)14(16,17)18/h5-9,19H,1-4H3. The van der Waals surface area contributed by atoms with E-state index in [-0.39, 0.29) is 22.4 Å². The predicted octanol–water partition coefficient (Wildman–Crippen LogP) is 4.86. The Labute approximate surface area is 116 Å².